The van der Waals surface area contributed by atoms with Crippen molar-refractivity contribution in [1.29, 1.82) is 0 Å². The summed E-state index contributed by atoms with van der Waals surface area (Å²) in [6.45, 7) is 4.02. The summed E-state index contributed by atoms with van der Waals surface area (Å²) in [7, 11) is 1.62. The van der Waals surface area contributed by atoms with Crippen LogP contribution in [0.4, 0.5) is 0 Å². The number of ether oxygens (including phenoxy) is 1. The number of carbonyl (C=O) groups excluding carboxylic acids is 1. The number of carbonyl (C=O) groups is 1. The van der Waals surface area contributed by atoms with Crippen LogP contribution in [0.5, 0.6) is 5.75 Å². The van der Waals surface area contributed by atoms with Crippen molar-refractivity contribution in [2.45, 2.75) is 84.1 Å². The van der Waals surface area contributed by atoms with Crippen molar-refractivity contribution in [2.24, 2.45) is 0 Å². The van der Waals surface area contributed by atoms with Crippen LogP contribution < -0.4 is 10.1 Å². The van der Waals surface area contributed by atoms with Crippen LogP contribution in [0.25, 0.3) is 11.0 Å². The van der Waals surface area contributed by atoms with Gasteiger partial charge in [-0.1, -0.05) is 64.0 Å². The van der Waals surface area contributed by atoms with Crippen molar-refractivity contribution < 1.29 is 9.53 Å². The second-order valence-electron chi connectivity index (χ2n) is 9.08. The zero-order chi connectivity index (χ0) is 24.0. The number of hydrogen-bond acceptors (Lipinski definition) is 3. The lowest BCUT2D eigenvalue weighted by molar-refractivity contribution is 0.0953. The molecule has 0 bridgehead atoms. The number of fused-ring (bicyclic) bond motifs is 1. The minimum atomic E-state index is -0.0286. The topological polar surface area (TPSA) is 56.2 Å². The van der Waals surface area contributed by atoms with Crippen LogP contribution in [0, 0.1) is 0 Å². The molecule has 0 spiro atoms. The molecule has 0 saturated heterocycles. The van der Waals surface area contributed by atoms with Crippen LogP contribution in [0.1, 0.15) is 87.3 Å². The van der Waals surface area contributed by atoms with Crippen molar-refractivity contribution in [1.82, 2.24) is 14.9 Å². The number of nitrogens with one attached hydrogen (secondary N) is 1. The molecule has 34 heavy (non-hydrogen) atoms. The van der Waals surface area contributed by atoms with Crippen LogP contribution in [-0.2, 0) is 13.0 Å². The second kappa shape index (κ2) is 14.4. The van der Waals surface area contributed by atoms with E-state index in [1.165, 1.54) is 56.3 Å². The molecule has 1 heterocycles. The number of hydrogen-bond donors (Lipinski definition) is 1. The molecule has 0 aliphatic rings. The Morgan fingerprint density at radius 3 is 2.35 bits per heavy atom. The normalized spacial score (nSPS) is 11.1. The van der Waals surface area contributed by atoms with Gasteiger partial charge in [0.05, 0.1) is 18.1 Å². The summed E-state index contributed by atoms with van der Waals surface area (Å²) in [5, 5.41) is 3.02. The Kier molecular flexibility index (Phi) is 11.0. The van der Waals surface area contributed by atoms with Gasteiger partial charge in [-0.05, 0) is 55.7 Å². The number of rotatable bonds is 16. The van der Waals surface area contributed by atoms with Crippen molar-refractivity contribution in [3.8, 4) is 5.75 Å². The molecule has 0 unspecified atom stereocenters. The third-order valence-electron chi connectivity index (χ3n) is 6.43. The molecule has 1 N–H and O–H groups in total. The van der Waals surface area contributed by atoms with Crippen LogP contribution >= 0.6 is 0 Å². The van der Waals surface area contributed by atoms with Gasteiger partial charge in [-0.2, -0.15) is 0 Å². The molecule has 3 aromatic rings. The SMILES string of the molecule is CCCCCCCCCn1c(CCCCCNC(=O)c2ccc(OC)cc2)nc2ccccc21. The maximum atomic E-state index is 12.3. The number of benzene rings is 2. The Morgan fingerprint density at radius 2 is 1.59 bits per heavy atom. The summed E-state index contributed by atoms with van der Waals surface area (Å²) in [5.74, 6) is 1.93. The molecule has 0 saturated carbocycles. The monoisotopic (exact) mass is 463 g/mol. The largest absolute Gasteiger partial charge is 0.497 e. The molecule has 0 atom stereocenters. The van der Waals surface area contributed by atoms with Gasteiger partial charge in [-0.15, -0.1) is 0 Å². The second-order valence-corrected chi connectivity index (χ2v) is 9.08. The van der Waals surface area contributed by atoms with Crippen LogP contribution in [-0.4, -0.2) is 29.1 Å². The zero-order valence-corrected chi connectivity index (χ0v) is 21.0. The van der Waals surface area contributed by atoms with Gasteiger partial charge in [-0.3, -0.25) is 4.79 Å². The van der Waals surface area contributed by atoms with Crippen molar-refractivity contribution in [2.75, 3.05) is 13.7 Å². The zero-order valence-electron chi connectivity index (χ0n) is 21.0. The molecule has 184 valence electrons. The molecule has 5 nitrogen and oxygen atoms in total. The number of aryl methyl sites for hydroxylation is 2. The summed E-state index contributed by atoms with van der Waals surface area (Å²) in [4.78, 5) is 17.2. The minimum Gasteiger partial charge on any atom is -0.497 e. The Morgan fingerprint density at radius 1 is 0.882 bits per heavy atom. The number of methoxy groups -OCH3 is 1. The lowest BCUT2D eigenvalue weighted by Crippen LogP contribution is -2.24. The quantitative estimate of drug-likeness (QED) is 0.234. The van der Waals surface area contributed by atoms with Gasteiger partial charge < -0.3 is 14.6 Å². The van der Waals surface area contributed by atoms with Crippen molar-refractivity contribution in [3.05, 3.63) is 59.9 Å². The summed E-state index contributed by atoms with van der Waals surface area (Å²) in [6.07, 6.45) is 13.4. The number of nitrogens with zero attached hydrogens (tertiary/aromatic N) is 2. The fourth-order valence-electron chi connectivity index (χ4n) is 4.42. The van der Waals surface area contributed by atoms with E-state index < -0.39 is 0 Å². The molecule has 0 fully saturated rings. The van der Waals surface area contributed by atoms with Gasteiger partial charge in [0.2, 0.25) is 0 Å². The van der Waals surface area contributed by atoms with E-state index in [9.17, 15) is 4.79 Å². The number of aromatic nitrogens is 2. The van der Waals surface area contributed by atoms with Gasteiger partial charge in [-0.25, -0.2) is 4.98 Å². The smallest absolute Gasteiger partial charge is 0.251 e. The van der Waals surface area contributed by atoms with Crippen LogP contribution in [0.3, 0.4) is 0 Å². The first-order chi connectivity index (χ1) is 16.7. The third-order valence-corrected chi connectivity index (χ3v) is 6.43. The molecule has 2 aromatic carbocycles. The lowest BCUT2D eigenvalue weighted by Gasteiger charge is -2.10. The standard InChI is InChI=1S/C29H41N3O2/c1-3-4-5-6-7-8-14-23-32-27-16-12-11-15-26(27)31-28(32)17-10-9-13-22-30-29(33)24-18-20-25(34-2)21-19-24/h11-12,15-16,18-21H,3-10,13-14,17,22-23H2,1-2H3,(H,30,33). The highest BCUT2D eigenvalue weighted by atomic mass is 16.5. The number of unbranched alkanes of at least 4 members (excludes halogenated alkanes) is 8. The predicted octanol–water partition coefficient (Wildman–Crippen LogP) is 6.94. The average Bonchev–Trinajstić information content (AvgIpc) is 3.22. The van der Waals surface area contributed by atoms with Gasteiger partial charge in [0.1, 0.15) is 11.6 Å². The molecule has 1 amide bonds. The van der Waals surface area contributed by atoms with E-state index in [1.807, 2.05) is 12.1 Å². The summed E-state index contributed by atoms with van der Waals surface area (Å²) in [6, 6.07) is 15.7. The van der Waals surface area contributed by atoms with E-state index in [1.54, 1.807) is 19.2 Å². The highest BCUT2D eigenvalue weighted by molar-refractivity contribution is 5.94. The van der Waals surface area contributed by atoms with E-state index >= 15 is 0 Å². The summed E-state index contributed by atoms with van der Waals surface area (Å²) >= 11 is 0. The third kappa shape index (κ3) is 7.89. The first-order valence-corrected chi connectivity index (χ1v) is 13.1. The van der Waals surface area contributed by atoms with Crippen LogP contribution in [0.2, 0.25) is 0 Å². The van der Waals surface area contributed by atoms with Crippen molar-refractivity contribution >= 4 is 16.9 Å². The molecule has 0 aliphatic carbocycles. The predicted molar refractivity (Wildman–Crippen MR) is 141 cm³/mol. The fourth-order valence-corrected chi connectivity index (χ4v) is 4.42. The number of para-hydroxylation sites is 2. The van der Waals surface area contributed by atoms with Crippen LogP contribution in [0.15, 0.2) is 48.5 Å². The van der Waals surface area contributed by atoms with E-state index in [-0.39, 0.29) is 5.91 Å². The Labute approximate surface area is 204 Å². The highest BCUT2D eigenvalue weighted by Gasteiger charge is 2.10. The lowest BCUT2D eigenvalue weighted by atomic mass is 10.1. The maximum Gasteiger partial charge on any atom is 0.251 e. The van der Waals surface area contributed by atoms with Gasteiger partial charge in [0.15, 0.2) is 0 Å². The van der Waals surface area contributed by atoms with E-state index in [2.05, 4.69) is 41.1 Å². The summed E-state index contributed by atoms with van der Waals surface area (Å²) < 4.78 is 7.58. The average molecular weight is 464 g/mol. The Bertz CT molecular complexity index is 994. The first kappa shape index (κ1) is 25.8. The molecular formula is C29H41N3O2. The first-order valence-electron chi connectivity index (χ1n) is 13.1. The van der Waals surface area contributed by atoms with Gasteiger partial charge in [0.25, 0.3) is 5.91 Å². The summed E-state index contributed by atoms with van der Waals surface area (Å²) in [5.41, 5.74) is 3.03. The molecule has 0 aliphatic heterocycles. The maximum absolute atomic E-state index is 12.3. The van der Waals surface area contributed by atoms with Crippen molar-refractivity contribution in [3.63, 3.8) is 0 Å². The highest BCUT2D eigenvalue weighted by Crippen LogP contribution is 2.19. The molecule has 1 aromatic heterocycles. The molecular weight excluding hydrogens is 422 g/mol. The number of amides is 1. The van der Waals surface area contributed by atoms with E-state index in [0.717, 1.165) is 43.5 Å². The molecule has 5 heteroatoms. The van der Waals surface area contributed by atoms with Gasteiger partial charge >= 0.3 is 0 Å². The minimum absolute atomic E-state index is 0.0286. The Balaban J connectivity index is 1.40. The van der Waals surface area contributed by atoms with E-state index in [4.69, 9.17) is 9.72 Å². The Hall–Kier alpha value is -2.82. The molecule has 3 rings (SSSR count). The van der Waals surface area contributed by atoms with E-state index in [0.29, 0.717) is 12.1 Å². The number of imidazole rings is 1. The molecule has 0 radical (unpaired) electrons. The van der Waals surface area contributed by atoms with Gasteiger partial charge in [0, 0.05) is 25.1 Å². The fraction of sp³-hybridized carbons (Fsp3) is 0.517.